The van der Waals surface area contributed by atoms with Gasteiger partial charge in [0.25, 0.3) is 0 Å². The molecule has 0 saturated heterocycles. The van der Waals surface area contributed by atoms with Gasteiger partial charge in [0.2, 0.25) is 0 Å². The summed E-state index contributed by atoms with van der Waals surface area (Å²) in [5.41, 5.74) is 11.5. The predicted molar refractivity (Wildman–Crippen MR) is 212 cm³/mol. The third-order valence-electron chi connectivity index (χ3n) is 7.58. The molecule has 0 aliphatic carbocycles. The van der Waals surface area contributed by atoms with Gasteiger partial charge in [-0.25, -0.2) is 0 Å². The van der Waals surface area contributed by atoms with Crippen LogP contribution in [0.1, 0.15) is 40.5 Å². The van der Waals surface area contributed by atoms with Crippen LogP contribution in [-0.4, -0.2) is 12.0 Å². The van der Waals surface area contributed by atoms with Crippen molar-refractivity contribution >= 4 is 45.1 Å². The van der Waals surface area contributed by atoms with Gasteiger partial charge in [0.15, 0.2) is 0 Å². The Morgan fingerprint density at radius 3 is 1.40 bits per heavy atom. The second-order valence-corrected chi connectivity index (χ2v) is 13.5. The smallest absolute Gasteiger partial charge is 0.0714 e. The molecule has 242 valence electrons. The number of nitrogens with zero attached hydrogens (tertiary/aromatic N) is 1. The molecule has 2 N–H and O–H groups in total. The van der Waals surface area contributed by atoms with E-state index in [9.17, 15) is 0 Å². The average Bonchev–Trinajstić information content (AvgIpc) is 3.14. The fraction of sp³-hybridized carbons (Fsp3) is 0.159. The summed E-state index contributed by atoms with van der Waals surface area (Å²) >= 11 is 3.70. The van der Waals surface area contributed by atoms with Crippen LogP contribution >= 0.6 is 23.5 Å². The summed E-state index contributed by atoms with van der Waals surface area (Å²) < 4.78 is 0. The zero-order valence-corrected chi connectivity index (χ0v) is 30.2. The van der Waals surface area contributed by atoms with E-state index in [-0.39, 0.29) is 0 Å². The summed E-state index contributed by atoms with van der Waals surface area (Å²) in [5.74, 6) is 0. The second kappa shape index (κ2) is 17.2. The van der Waals surface area contributed by atoms with Crippen LogP contribution in [0.4, 0.5) is 0 Å². The second-order valence-electron chi connectivity index (χ2n) is 11.4. The highest BCUT2D eigenvalue weighted by Crippen LogP contribution is 2.49. The van der Waals surface area contributed by atoms with Gasteiger partial charge in [-0.1, -0.05) is 167 Å². The third kappa shape index (κ3) is 7.52. The van der Waals surface area contributed by atoms with Gasteiger partial charge in [-0.05, 0) is 75.6 Å². The molecule has 1 aliphatic rings. The van der Waals surface area contributed by atoms with Gasteiger partial charge in [0.05, 0.1) is 5.69 Å². The predicted octanol–water partition coefficient (Wildman–Crippen LogP) is 13.4. The van der Waals surface area contributed by atoms with Crippen LogP contribution < -0.4 is 5.73 Å². The summed E-state index contributed by atoms with van der Waals surface area (Å²) in [6, 6.07) is 48.0. The molecule has 2 heterocycles. The summed E-state index contributed by atoms with van der Waals surface area (Å²) in [6.45, 7) is 8.50. The molecule has 1 aliphatic heterocycles. The Balaban J connectivity index is 0.000000519. The molecular weight excluding hydrogens is 621 g/mol. The fourth-order valence-corrected chi connectivity index (χ4v) is 7.99. The zero-order valence-electron chi connectivity index (χ0n) is 28.5. The lowest BCUT2D eigenvalue weighted by atomic mass is 9.87. The molecule has 0 unspecified atom stereocenters. The minimum absolute atomic E-state index is 0.993. The van der Waals surface area contributed by atoms with Gasteiger partial charge in [-0.2, -0.15) is 0 Å². The SMILES string of the molecule is CCC.CCC.CN.c1ccc(-c2c3ccccc3c(-c3ccc(-c4ccc5c(c4)Sc4ccccc4S5)cn3)c3ccccc23)cc1. The van der Waals surface area contributed by atoms with Crippen molar-refractivity contribution in [2.75, 3.05) is 7.05 Å². The molecule has 0 fully saturated rings. The van der Waals surface area contributed by atoms with Crippen LogP contribution in [0.2, 0.25) is 0 Å². The standard InChI is InChI=1S/C37H23NS2.2C3H8.CH5N/c1-2-10-24(11-3-1)36-27-12-4-6-14-29(27)37(30-15-7-5-13-28(30)36)31-20-18-26(23-38-31)25-19-21-34-35(22-25)40-33-17-9-8-16-32(33)39-34;2*1-3-2;1-2/h1-23H;2*3H2,1-2H3;2H2,1H3. The maximum atomic E-state index is 5.06. The number of hydrogen-bond acceptors (Lipinski definition) is 4. The molecule has 7 aromatic rings. The highest BCUT2D eigenvalue weighted by atomic mass is 32.2. The number of nitrogens with two attached hydrogens (primary N) is 1. The van der Waals surface area contributed by atoms with Crippen LogP contribution in [0.15, 0.2) is 159 Å². The van der Waals surface area contributed by atoms with Crippen LogP contribution in [0.5, 0.6) is 0 Å². The number of aromatic nitrogens is 1. The van der Waals surface area contributed by atoms with Gasteiger partial charge >= 0.3 is 0 Å². The Bertz CT molecular complexity index is 2030. The highest BCUT2D eigenvalue weighted by molar-refractivity contribution is 8.05. The van der Waals surface area contributed by atoms with Gasteiger partial charge in [-0.3, -0.25) is 4.98 Å². The van der Waals surface area contributed by atoms with Crippen molar-refractivity contribution in [2.45, 2.75) is 60.1 Å². The summed E-state index contributed by atoms with van der Waals surface area (Å²) in [6.07, 6.45) is 4.53. The molecule has 0 saturated carbocycles. The lowest BCUT2D eigenvalue weighted by molar-refractivity contribution is 1.09. The summed E-state index contributed by atoms with van der Waals surface area (Å²) in [4.78, 5) is 10.3. The van der Waals surface area contributed by atoms with E-state index in [1.807, 2.05) is 29.7 Å². The van der Waals surface area contributed by atoms with Crippen molar-refractivity contribution in [3.63, 3.8) is 0 Å². The molecule has 6 aromatic carbocycles. The Morgan fingerprint density at radius 1 is 0.438 bits per heavy atom. The summed E-state index contributed by atoms with van der Waals surface area (Å²) in [5, 5.41) is 4.94. The maximum Gasteiger partial charge on any atom is 0.0714 e. The van der Waals surface area contributed by atoms with Crippen LogP contribution in [0.25, 0.3) is 55.1 Å². The molecule has 0 amide bonds. The van der Waals surface area contributed by atoms with Gasteiger partial charge < -0.3 is 5.73 Å². The van der Waals surface area contributed by atoms with E-state index in [1.165, 1.54) is 83.3 Å². The average molecular weight is 665 g/mol. The molecule has 0 spiro atoms. The Hall–Kier alpha value is -4.35. The van der Waals surface area contributed by atoms with E-state index in [4.69, 9.17) is 4.98 Å². The largest absolute Gasteiger partial charge is 0.333 e. The van der Waals surface area contributed by atoms with Crippen LogP contribution in [0, 0.1) is 0 Å². The van der Waals surface area contributed by atoms with Crippen molar-refractivity contribution < 1.29 is 0 Å². The van der Waals surface area contributed by atoms with Crippen LogP contribution in [-0.2, 0) is 0 Å². The summed E-state index contributed by atoms with van der Waals surface area (Å²) in [7, 11) is 1.50. The first-order valence-electron chi connectivity index (χ1n) is 16.8. The van der Waals surface area contributed by atoms with Crippen molar-refractivity contribution in [1.29, 1.82) is 0 Å². The molecule has 4 heteroatoms. The van der Waals surface area contributed by atoms with E-state index in [0.717, 1.165) is 11.3 Å². The molecule has 48 heavy (non-hydrogen) atoms. The Labute approximate surface area is 294 Å². The first kappa shape index (κ1) is 35.0. The van der Waals surface area contributed by atoms with Gasteiger partial charge in [-0.15, -0.1) is 0 Å². The normalized spacial score (nSPS) is 11.1. The molecular formula is C44H44N2S2. The minimum Gasteiger partial charge on any atom is -0.333 e. The molecule has 1 aromatic heterocycles. The van der Waals surface area contributed by atoms with Crippen molar-refractivity contribution in [3.8, 4) is 33.5 Å². The highest BCUT2D eigenvalue weighted by Gasteiger charge is 2.19. The van der Waals surface area contributed by atoms with E-state index in [2.05, 4.69) is 167 Å². The number of rotatable bonds is 3. The van der Waals surface area contributed by atoms with Crippen molar-refractivity contribution in [2.24, 2.45) is 5.73 Å². The van der Waals surface area contributed by atoms with Crippen molar-refractivity contribution in [1.82, 2.24) is 4.98 Å². The topological polar surface area (TPSA) is 38.9 Å². The maximum absolute atomic E-state index is 5.06. The first-order chi connectivity index (χ1) is 23.7. The van der Waals surface area contributed by atoms with Gasteiger partial charge in [0.1, 0.15) is 0 Å². The van der Waals surface area contributed by atoms with E-state index in [0.29, 0.717) is 0 Å². The molecule has 0 atom stereocenters. The number of pyridine rings is 1. The third-order valence-corrected chi connectivity index (χ3v) is 10.1. The Kier molecular flexibility index (Phi) is 12.5. The van der Waals surface area contributed by atoms with Gasteiger partial charge in [0, 0.05) is 36.9 Å². The Morgan fingerprint density at radius 2 is 0.875 bits per heavy atom. The molecule has 0 bridgehead atoms. The lowest BCUT2D eigenvalue weighted by Crippen LogP contribution is -1.93. The molecule has 0 radical (unpaired) electrons. The van der Waals surface area contributed by atoms with Crippen molar-refractivity contribution in [3.05, 3.63) is 140 Å². The fourth-order valence-electron chi connectivity index (χ4n) is 5.74. The van der Waals surface area contributed by atoms with E-state index in [1.54, 1.807) is 0 Å². The first-order valence-corrected chi connectivity index (χ1v) is 18.4. The van der Waals surface area contributed by atoms with E-state index >= 15 is 0 Å². The van der Waals surface area contributed by atoms with E-state index < -0.39 is 0 Å². The number of fused-ring (bicyclic) bond motifs is 4. The van der Waals surface area contributed by atoms with Crippen LogP contribution in [0.3, 0.4) is 0 Å². The monoisotopic (exact) mass is 664 g/mol. The number of hydrogen-bond donors (Lipinski definition) is 1. The minimum atomic E-state index is 0.993. The zero-order chi connectivity index (χ0) is 33.9. The lowest BCUT2D eigenvalue weighted by Gasteiger charge is -2.19. The molecule has 8 rings (SSSR count). The quantitative estimate of drug-likeness (QED) is 0.191. The number of benzene rings is 6. The molecule has 2 nitrogen and oxygen atoms in total.